The Labute approximate surface area is 137 Å². The van der Waals surface area contributed by atoms with Gasteiger partial charge in [-0.25, -0.2) is 9.80 Å². The lowest BCUT2D eigenvalue weighted by Crippen LogP contribution is -2.22. The fourth-order valence-corrected chi connectivity index (χ4v) is 1.81. The number of hydrogen-bond donors (Lipinski definition) is 1. The van der Waals surface area contributed by atoms with E-state index in [1.54, 1.807) is 0 Å². The van der Waals surface area contributed by atoms with Crippen molar-refractivity contribution in [1.82, 2.24) is 5.01 Å². The minimum absolute atomic E-state index is 0.0988. The number of hydrazone groups is 1. The van der Waals surface area contributed by atoms with Crippen LogP contribution in [-0.4, -0.2) is 34.4 Å². The van der Waals surface area contributed by atoms with Crippen LogP contribution in [-0.2, 0) is 11.3 Å². The number of hydrogen-bond acceptors (Lipinski definition) is 6. The average molecular weight is 329 g/mol. The second kappa shape index (κ2) is 7.73. The maximum absolute atomic E-state index is 11.8. The van der Waals surface area contributed by atoms with Gasteiger partial charge >= 0.3 is 11.8 Å². The predicted octanol–water partition coefficient (Wildman–Crippen LogP) is 2.90. The third-order valence-electron chi connectivity index (χ3n) is 3.08. The Hall–Kier alpha value is -3.42. The van der Waals surface area contributed by atoms with Crippen LogP contribution in [0.3, 0.4) is 0 Å². The van der Waals surface area contributed by atoms with Crippen molar-refractivity contribution < 1.29 is 19.6 Å². The van der Waals surface area contributed by atoms with E-state index in [4.69, 9.17) is 4.74 Å². The summed E-state index contributed by atoms with van der Waals surface area (Å²) in [5.74, 6) is -0.516. The molecule has 2 aromatic rings. The van der Waals surface area contributed by atoms with Gasteiger partial charge < -0.3 is 9.84 Å². The molecule has 0 aliphatic carbocycles. The third-order valence-corrected chi connectivity index (χ3v) is 3.08. The van der Waals surface area contributed by atoms with Gasteiger partial charge in [0.1, 0.15) is 6.61 Å². The van der Waals surface area contributed by atoms with Crippen LogP contribution in [0.1, 0.15) is 11.1 Å². The standard InChI is InChI=1S/C16H15N3O5/c1-18(16(21)24-11-12-6-3-2-4-7-12)17-10-13-8-5-9-14(15(13)20)19(22)23/h2-10,20H,11H2,1H3/b17-10-. The molecule has 124 valence electrons. The van der Waals surface area contributed by atoms with Crippen molar-refractivity contribution in [2.24, 2.45) is 5.10 Å². The molecule has 0 atom stereocenters. The summed E-state index contributed by atoms with van der Waals surface area (Å²) in [6.07, 6.45) is 0.451. The Morgan fingerprint density at radius 2 is 2.00 bits per heavy atom. The molecule has 0 aliphatic heterocycles. The van der Waals surface area contributed by atoms with E-state index < -0.39 is 22.5 Å². The molecule has 0 heterocycles. The summed E-state index contributed by atoms with van der Waals surface area (Å²) in [7, 11) is 1.37. The topological polar surface area (TPSA) is 105 Å². The molecule has 0 saturated carbocycles. The highest BCUT2D eigenvalue weighted by molar-refractivity contribution is 5.86. The van der Waals surface area contributed by atoms with Gasteiger partial charge in [-0.15, -0.1) is 0 Å². The molecule has 0 unspecified atom stereocenters. The fraction of sp³-hybridized carbons (Fsp3) is 0.125. The zero-order valence-electron chi connectivity index (χ0n) is 12.8. The number of amides is 1. The highest BCUT2D eigenvalue weighted by atomic mass is 16.6. The smallest absolute Gasteiger partial charge is 0.430 e. The van der Waals surface area contributed by atoms with Gasteiger partial charge in [0.15, 0.2) is 0 Å². The second-order valence-corrected chi connectivity index (χ2v) is 4.78. The lowest BCUT2D eigenvalue weighted by atomic mass is 10.2. The zero-order chi connectivity index (χ0) is 17.5. The van der Waals surface area contributed by atoms with Gasteiger partial charge in [0.25, 0.3) is 0 Å². The van der Waals surface area contributed by atoms with Crippen LogP contribution in [0.25, 0.3) is 0 Å². The molecule has 2 aromatic carbocycles. The van der Waals surface area contributed by atoms with Crippen molar-refractivity contribution in [3.8, 4) is 5.75 Å². The highest BCUT2D eigenvalue weighted by Crippen LogP contribution is 2.27. The first-order valence-electron chi connectivity index (χ1n) is 6.94. The number of rotatable bonds is 5. The molecule has 0 saturated heterocycles. The van der Waals surface area contributed by atoms with Crippen LogP contribution < -0.4 is 0 Å². The molecule has 24 heavy (non-hydrogen) atoms. The molecule has 0 spiro atoms. The molecule has 0 fully saturated rings. The number of carbonyl (C=O) groups is 1. The molecule has 1 amide bonds. The van der Waals surface area contributed by atoms with Crippen molar-refractivity contribution in [3.05, 3.63) is 69.8 Å². The summed E-state index contributed by atoms with van der Waals surface area (Å²) in [6, 6.07) is 13.2. The van der Waals surface area contributed by atoms with Crippen LogP contribution >= 0.6 is 0 Å². The predicted molar refractivity (Wildman–Crippen MR) is 86.7 cm³/mol. The van der Waals surface area contributed by atoms with Gasteiger partial charge in [-0.05, 0) is 11.6 Å². The first kappa shape index (κ1) is 16.9. The Balaban J connectivity index is 1.99. The van der Waals surface area contributed by atoms with Crippen LogP contribution in [0.4, 0.5) is 10.5 Å². The highest BCUT2D eigenvalue weighted by Gasteiger charge is 2.15. The molecule has 8 heteroatoms. The Bertz CT molecular complexity index is 762. The summed E-state index contributed by atoms with van der Waals surface area (Å²) >= 11 is 0. The number of phenols is 1. The summed E-state index contributed by atoms with van der Waals surface area (Å²) in [5.41, 5.74) is 0.514. The average Bonchev–Trinajstić information content (AvgIpc) is 2.59. The lowest BCUT2D eigenvalue weighted by Gasteiger charge is -2.11. The summed E-state index contributed by atoms with van der Waals surface area (Å²) in [6.45, 7) is 0.0988. The number of ether oxygens (including phenoxy) is 1. The Morgan fingerprint density at radius 3 is 2.67 bits per heavy atom. The number of nitrogens with zero attached hydrogens (tertiary/aromatic N) is 3. The fourth-order valence-electron chi connectivity index (χ4n) is 1.81. The van der Waals surface area contributed by atoms with Gasteiger partial charge in [0.2, 0.25) is 5.75 Å². The SMILES string of the molecule is CN(/N=C\c1cccc([N+](=O)[O-])c1O)C(=O)OCc1ccccc1. The molecule has 0 radical (unpaired) electrons. The van der Waals surface area contributed by atoms with Gasteiger partial charge in [-0.1, -0.05) is 36.4 Å². The first-order chi connectivity index (χ1) is 11.5. The van der Waals surface area contributed by atoms with Gasteiger partial charge in [-0.2, -0.15) is 5.10 Å². The van der Waals surface area contributed by atoms with Crippen molar-refractivity contribution in [2.75, 3.05) is 7.05 Å². The minimum atomic E-state index is -0.704. The quantitative estimate of drug-likeness (QED) is 0.516. The molecule has 0 aliphatic rings. The van der Waals surface area contributed by atoms with E-state index in [1.807, 2.05) is 30.3 Å². The number of phenolic OH excluding ortho intramolecular Hbond substituents is 1. The molecule has 1 N–H and O–H groups in total. The van der Waals surface area contributed by atoms with E-state index in [1.165, 1.54) is 25.2 Å². The minimum Gasteiger partial charge on any atom is -0.502 e. The van der Waals surface area contributed by atoms with Crippen LogP contribution in [0, 0.1) is 10.1 Å². The van der Waals surface area contributed by atoms with Crippen molar-refractivity contribution in [1.29, 1.82) is 0 Å². The largest absolute Gasteiger partial charge is 0.502 e. The number of aromatic hydroxyl groups is 1. The van der Waals surface area contributed by atoms with Gasteiger partial charge in [-0.3, -0.25) is 10.1 Å². The Kier molecular flexibility index (Phi) is 5.45. The molecule has 2 rings (SSSR count). The maximum Gasteiger partial charge on any atom is 0.430 e. The van der Waals surface area contributed by atoms with Crippen molar-refractivity contribution in [2.45, 2.75) is 6.61 Å². The number of nitro groups is 1. The van der Waals surface area contributed by atoms with Crippen LogP contribution in [0.5, 0.6) is 5.75 Å². The van der Waals surface area contributed by atoms with Crippen LogP contribution in [0.2, 0.25) is 0 Å². The normalized spacial score (nSPS) is 10.5. The van der Waals surface area contributed by atoms with E-state index in [0.717, 1.165) is 16.8 Å². The van der Waals surface area contributed by atoms with Crippen molar-refractivity contribution in [3.63, 3.8) is 0 Å². The van der Waals surface area contributed by atoms with E-state index in [9.17, 15) is 20.0 Å². The van der Waals surface area contributed by atoms with Gasteiger partial charge in [0, 0.05) is 18.7 Å². The zero-order valence-corrected chi connectivity index (χ0v) is 12.8. The van der Waals surface area contributed by atoms with E-state index >= 15 is 0 Å². The first-order valence-corrected chi connectivity index (χ1v) is 6.94. The monoisotopic (exact) mass is 329 g/mol. The number of carbonyl (C=O) groups excluding carboxylic acids is 1. The molecule has 0 aromatic heterocycles. The van der Waals surface area contributed by atoms with E-state index in [-0.39, 0.29) is 12.2 Å². The Morgan fingerprint density at radius 1 is 1.29 bits per heavy atom. The summed E-state index contributed by atoms with van der Waals surface area (Å²) in [4.78, 5) is 21.9. The molecular formula is C16H15N3O5. The number of nitro benzene ring substituents is 1. The third kappa shape index (κ3) is 4.29. The van der Waals surface area contributed by atoms with Crippen molar-refractivity contribution >= 4 is 18.0 Å². The van der Waals surface area contributed by atoms with Crippen LogP contribution in [0.15, 0.2) is 53.6 Å². The number of para-hydroxylation sites is 1. The lowest BCUT2D eigenvalue weighted by molar-refractivity contribution is -0.385. The molecular weight excluding hydrogens is 314 g/mol. The van der Waals surface area contributed by atoms with E-state index in [0.29, 0.717) is 0 Å². The molecule has 0 bridgehead atoms. The van der Waals surface area contributed by atoms with Gasteiger partial charge in [0.05, 0.1) is 11.1 Å². The molecule has 8 nitrogen and oxygen atoms in total. The maximum atomic E-state index is 11.8. The van der Waals surface area contributed by atoms with E-state index in [2.05, 4.69) is 5.10 Å². The summed E-state index contributed by atoms with van der Waals surface area (Å²) < 4.78 is 5.07. The second-order valence-electron chi connectivity index (χ2n) is 4.78. The number of benzene rings is 2. The summed E-state index contributed by atoms with van der Waals surface area (Å²) in [5, 5.41) is 25.3.